The number of carbonyl (C=O) groups excluding carboxylic acids is 8. The third-order valence-corrected chi connectivity index (χ3v) is 18.1. The van der Waals surface area contributed by atoms with Crippen molar-refractivity contribution in [3.8, 4) is 5.75 Å². The van der Waals surface area contributed by atoms with Crippen LogP contribution in [0.5, 0.6) is 5.75 Å². The number of H-pyrrole nitrogens is 1. The van der Waals surface area contributed by atoms with Crippen LogP contribution < -0.4 is 57.1 Å². The number of nitrogens with one attached hydrogen (secondary N) is 10. The van der Waals surface area contributed by atoms with Crippen molar-refractivity contribution in [1.29, 1.82) is 0 Å². The van der Waals surface area contributed by atoms with Gasteiger partial charge >= 0.3 is 17.9 Å². The van der Waals surface area contributed by atoms with Crippen molar-refractivity contribution in [2.45, 2.75) is 156 Å². The van der Waals surface area contributed by atoms with Gasteiger partial charge in [-0.15, -0.1) is 0 Å². The van der Waals surface area contributed by atoms with Crippen molar-refractivity contribution in [2.75, 3.05) is 26.7 Å². The number of methoxy groups -OCH3 is 1. The van der Waals surface area contributed by atoms with Gasteiger partial charge in [0.2, 0.25) is 67.3 Å². The van der Waals surface area contributed by atoms with Crippen LogP contribution in [0.2, 0.25) is 0 Å². The molecule has 5 aromatic rings. The fraction of sp³-hybridized carbons (Fsp3) is 0.422. The normalized spacial score (nSPS) is 13.3. The number of fused-ring (bicyclic) bond motifs is 1. The standard InChI is InChI=1S/C64H82FN11O19S2/c1-38(2)40-18-22-44(23-19-40)96(91,92)70-31-10-8-16-48(59(66)85)71-54(77)17-5-4-9-30-67-60(86)49(26-28-56(79)80)73-63(89)52(34-41-36-68-47-15-7-6-14-46(41)47)75-62(88)51(33-39-12-11-13-42(65)32-39)72-55(78)37-69-61(87)50(27-29-57(81)82)74-64(90)53(35-58(83)84)76-97(93,94)45-24-20-43(95-3)21-25-45/h6-7,11-15,18-25,32,36,38,48-53,68,70,76H,4-5,8-10,16-17,26-31,33-35,37H2,1-3H3,(H2,66,85)(H,67,86)(H,69,87)(H,71,77)(H,72,78)(H,73,89)(H,74,90)(H,75,88)(H,79,80)(H,81,82)(H,83,84). The zero-order valence-corrected chi connectivity index (χ0v) is 55.2. The molecular formula is C64H82FN11O19S2. The molecular weight excluding hydrogens is 1310 g/mol. The summed E-state index contributed by atoms with van der Waals surface area (Å²) in [6.45, 7) is 3.06. The molecule has 5 rings (SSSR count). The Hall–Kier alpha value is -9.86. The lowest BCUT2D eigenvalue weighted by Crippen LogP contribution is -2.58. The number of amides is 8. The molecule has 526 valence electrons. The van der Waals surface area contributed by atoms with Gasteiger partial charge in [0.05, 0.1) is 29.9 Å². The van der Waals surface area contributed by atoms with E-state index in [0.29, 0.717) is 48.6 Å². The van der Waals surface area contributed by atoms with Crippen molar-refractivity contribution in [3.63, 3.8) is 0 Å². The number of carboxylic acids is 3. The first-order valence-electron chi connectivity index (χ1n) is 31.0. The molecule has 30 nitrogen and oxygen atoms in total. The Balaban J connectivity index is 1.23. The van der Waals surface area contributed by atoms with Crippen LogP contribution in [0.3, 0.4) is 0 Å². The third-order valence-electron chi connectivity index (χ3n) is 15.2. The first-order valence-corrected chi connectivity index (χ1v) is 34.0. The number of rotatable bonds is 43. The van der Waals surface area contributed by atoms with Gasteiger partial charge in [-0.3, -0.25) is 52.7 Å². The Morgan fingerprint density at radius 2 is 1.11 bits per heavy atom. The van der Waals surface area contributed by atoms with Gasteiger partial charge in [-0.2, -0.15) is 4.72 Å². The number of benzene rings is 4. The molecule has 97 heavy (non-hydrogen) atoms. The first kappa shape index (κ1) is 77.8. The Morgan fingerprint density at radius 1 is 0.546 bits per heavy atom. The van der Waals surface area contributed by atoms with Crippen LogP contribution in [0.4, 0.5) is 4.39 Å². The van der Waals surface area contributed by atoms with Crippen LogP contribution in [0.1, 0.15) is 114 Å². The highest BCUT2D eigenvalue weighted by Gasteiger charge is 2.34. The van der Waals surface area contributed by atoms with Crippen LogP contribution in [0.25, 0.3) is 10.9 Å². The molecule has 0 saturated carbocycles. The molecule has 1 heterocycles. The number of nitrogens with two attached hydrogens (primary N) is 1. The number of sulfonamides is 2. The van der Waals surface area contributed by atoms with E-state index in [1.807, 2.05) is 18.6 Å². The van der Waals surface area contributed by atoms with Crippen LogP contribution in [-0.2, 0) is 85.6 Å². The molecule has 6 unspecified atom stereocenters. The van der Waals surface area contributed by atoms with Crippen LogP contribution in [-0.4, -0.2) is 165 Å². The van der Waals surface area contributed by atoms with Gasteiger partial charge in [-0.25, -0.2) is 25.9 Å². The van der Waals surface area contributed by atoms with Gasteiger partial charge in [0, 0.05) is 62.3 Å². The van der Waals surface area contributed by atoms with Crippen LogP contribution >= 0.6 is 0 Å². The second kappa shape index (κ2) is 38.0. The molecule has 6 atom stereocenters. The van der Waals surface area contributed by atoms with E-state index >= 15 is 0 Å². The average molecular weight is 1390 g/mol. The number of halogens is 1. The molecule has 0 aliphatic rings. The smallest absolute Gasteiger partial charge is 0.305 e. The van der Waals surface area contributed by atoms with Gasteiger partial charge < -0.3 is 68.0 Å². The number of primary amides is 1. The predicted molar refractivity (Wildman–Crippen MR) is 348 cm³/mol. The fourth-order valence-corrected chi connectivity index (χ4v) is 12.2. The molecule has 15 N–H and O–H groups in total. The Morgan fingerprint density at radius 3 is 1.71 bits per heavy atom. The number of aliphatic carboxylic acids is 3. The minimum absolute atomic E-state index is 0.00488. The molecule has 0 aliphatic heterocycles. The molecule has 0 fully saturated rings. The molecule has 0 spiro atoms. The molecule has 33 heteroatoms. The summed E-state index contributed by atoms with van der Waals surface area (Å²) in [5.41, 5.74) is 7.81. The van der Waals surface area contributed by atoms with Crippen molar-refractivity contribution < 1.29 is 94.0 Å². The van der Waals surface area contributed by atoms with Crippen LogP contribution in [0, 0.1) is 5.82 Å². The van der Waals surface area contributed by atoms with E-state index in [2.05, 4.69) is 46.9 Å². The lowest BCUT2D eigenvalue weighted by Gasteiger charge is -2.26. The lowest BCUT2D eigenvalue weighted by molar-refractivity contribution is -0.140. The van der Waals surface area contributed by atoms with Gasteiger partial charge in [-0.1, -0.05) is 62.7 Å². The topological polar surface area (TPSA) is 476 Å². The summed E-state index contributed by atoms with van der Waals surface area (Å²) in [4.78, 5) is 147. The zero-order valence-electron chi connectivity index (χ0n) is 53.5. The second-order valence-corrected chi connectivity index (χ2v) is 26.5. The Kier molecular flexibility index (Phi) is 30.5. The van der Waals surface area contributed by atoms with E-state index in [4.69, 9.17) is 10.5 Å². The number of para-hydroxylation sites is 1. The molecule has 4 aromatic carbocycles. The maximum Gasteiger partial charge on any atom is 0.305 e. The van der Waals surface area contributed by atoms with Gasteiger partial charge in [0.15, 0.2) is 0 Å². The average Bonchev–Trinajstić information content (AvgIpc) is 1.81. The number of unbranched alkanes of at least 4 members (excludes halogenated alkanes) is 3. The summed E-state index contributed by atoms with van der Waals surface area (Å²) >= 11 is 0. The number of hydrogen-bond acceptors (Lipinski definition) is 16. The monoisotopic (exact) mass is 1390 g/mol. The van der Waals surface area contributed by atoms with E-state index in [9.17, 15) is 89.3 Å². The molecule has 0 bridgehead atoms. The van der Waals surface area contributed by atoms with Crippen molar-refractivity contribution in [1.82, 2.24) is 51.6 Å². The van der Waals surface area contributed by atoms with E-state index in [-0.39, 0.29) is 54.5 Å². The number of carbonyl (C=O) groups is 11. The molecule has 0 aliphatic carbocycles. The van der Waals surface area contributed by atoms with E-state index in [0.717, 1.165) is 29.8 Å². The minimum atomic E-state index is -4.61. The predicted octanol–water partition coefficient (Wildman–Crippen LogP) is 1.63. The summed E-state index contributed by atoms with van der Waals surface area (Å²) in [5, 5.41) is 46.5. The number of aromatic amines is 1. The number of carboxylic acid groups (broad SMARTS) is 3. The Labute approximate surface area is 559 Å². The maximum absolute atomic E-state index is 14.6. The molecule has 0 radical (unpaired) electrons. The van der Waals surface area contributed by atoms with E-state index in [1.54, 1.807) is 42.6 Å². The molecule has 0 saturated heterocycles. The minimum Gasteiger partial charge on any atom is -0.497 e. The van der Waals surface area contributed by atoms with Crippen molar-refractivity contribution in [3.05, 3.63) is 126 Å². The van der Waals surface area contributed by atoms with Gasteiger partial charge in [-0.05, 0) is 122 Å². The number of aromatic nitrogens is 1. The maximum atomic E-state index is 14.6. The molecule has 1 aromatic heterocycles. The summed E-state index contributed by atoms with van der Waals surface area (Å²) < 4.78 is 76.2. The van der Waals surface area contributed by atoms with Crippen LogP contribution in [0.15, 0.2) is 113 Å². The SMILES string of the molecule is COc1ccc(S(=O)(=O)NC(CC(=O)O)C(=O)NC(CCC(=O)O)C(=O)NCC(=O)NC(Cc2cccc(F)c2)C(=O)NC(Cc2c[nH]c3ccccc23)C(=O)NC(CCC(=O)O)C(=O)NCCCCCC(=O)NC(CCCCNS(=O)(=O)c2ccc(C(C)C)cc2)C(N)=O)cc1. The van der Waals surface area contributed by atoms with Gasteiger partial charge in [0.25, 0.3) is 0 Å². The second-order valence-electron chi connectivity index (χ2n) is 23.0. The van der Waals surface area contributed by atoms with Gasteiger partial charge in [0.1, 0.15) is 47.8 Å². The largest absolute Gasteiger partial charge is 0.497 e. The summed E-state index contributed by atoms with van der Waals surface area (Å²) in [6.07, 6.45) is -0.988. The summed E-state index contributed by atoms with van der Waals surface area (Å²) in [7, 11) is -7.06. The Bertz CT molecular complexity index is 3820. The number of hydrogen-bond donors (Lipinski definition) is 14. The quantitative estimate of drug-likeness (QED) is 0.0247. The fourth-order valence-electron chi connectivity index (χ4n) is 9.91. The summed E-state index contributed by atoms with van der Waals surface area (Å²) in [5.74, 6) is -12.5. The molecule has 8 amide bonds. The van der Waals surface area contributed by atoms with E-state index in [1.165, 1.54) is 43.5 Å². The third kappa shape index (κ3) is 26.3. The first-order chi connectivity index (χ1) is 45.9. The van der Waals surface area contributed by atoms with Crippen molar-refractivity contribution >= 4 is 96.1 Å². The van der Waals surface area contributed by atoms with Crippen molar-refractivity contribution in [2.24, 2.45) is 5.73 Å². The summed E-state index contributed by atoms with van der Waals surface area (Å²) in [6, 6.07) is 13.4. The highest BCUT2D eigenvalue weighted by atomic mass is 32.2. The number of ether oxygens (including phenoxy) is 1. The highest BCUT2D eigenvalue weighted by Crippen LogP contribution is 2.22. The zero-order chi connectivity index (χ0) is 71.4. The highest BCUT2D eigenvalue weighted by molar-refractivity contribution is 7.89. The van der Waals surface area contributed by atoms with E-state index < -0.39 is 177 Å². The lowest BCUT2D eigenvalue weighted by atomic mass is 10.0.